The number of aromatic nitrogens is 2. The average Bonchev–Trinajstić information content (AvgIpc) is 2.47. The van der Waals surface area contributed by atoms with E-state index in [4.69, 9.17) is 0 Å². The number of benzene rings is 1. The molecule has 0 aliphatic carbocycles. The molecule has 1 atom stereocenters. The molecule has 0 bridgehead atoms. The van der Waals surface area contributed by atoms with Crippen LogP contribution in [0.15, 0.2) is 24.5 Å². The Kier molecular flexibility index (Phi) is 4.05. The van der Waals surface area contributed by atoms with Crippen LogP contribution in [0.3, 0.4) is 0 Å². The van der Waals surface area contributed by atoms with E-state index >= 15 is 0 Å². The molecule has 0 N–H and O–H groups in total. The number of hydrogen-bond acceptors (Lipinski definition) is 4. The van der Waals surface area contributed by atoms with Crippen LogP contribution in [0.2, 0.25) is 0 Å². The van der Waals surface area contributed by atoms with Gasteiger partial charge in [0.05, 0.1) is 5.52 Å². The predicted molar refractivity (Wildman–Crippen MR) is 82.8 cm³/mol. The SMILES string of the molecule is CSC[C@@H]1CCCN(c2ncnc3cc(F)ccc23)C1. The molecule has 3 rings (SSSR count). The fourth-order valence-electron chi connectivity index (χ4n) is 2.90. The lowest BCUT2D eigenvalue weighted by atomic mass is 10.00. The normalized spacial score (nSPS) is 19.5. The smallest absolute Gasteiger partial charge is 0.139 e. The highest BCUT2D eigenvalue weighted by Gasteiger charge is 2.22. The summed E-state index contributed by atoms with van der Waals surface area (Å²) in [5.41, 5.74) is 0.682. The minimum atomic E-state index is -0.249. The van der Waals surface area contributed by atoms with Crippen molar-refractivity contribution < 1.29 is 4.39 Å². The van der Waals surface area contributed by atoms with Crippen LogP contribution in [-0.4, -0.2) is 35.1 Å². The summed E-state index contributed by atoms with van der Waals surface area (Å²) in [7, 11) is 0. The number of hydrogen-bond donors (Lipinski definition) is 0. The largest absolute Gasteiger partial charge is 0.356 e. The zero-order chi connectivity index (χ0) is 13.9. The Morgan fingerprint density at radius 1 is 1.40 bits per heavy atom. The molecule has 0 saturated carbocycles. The molecule has 0 unspecified atom stereocenters. The minimum Gasteiger partial charge on any atom is -0.356 e. The van der Waals surface area contributed by atoms with Gasteiger partial charge in [-0.3, -0.25) is 0 Å². The van der Waals surface area contributed by atoms with E-state index in [1.165, 1.54) is 37.1 Å². The third-order valence-corrected chi connectivity index (χ3v) is 4.60. The summed E-state index contributed by atoms with van der Waals surface area (Å²) >= 11 is 1.90. The first kappa shape index (κ1) is 13.6. The van der Waals surface area contributed by atoms with Gasteiger partial charge in [0.2, 0.25) is 0 Å². The molecule has 1 aromatic heterocycles. The number of thioether (sulfide) groups is 1. The summed E-state index contributed by atoms with van der Waals surface area (Å²) in [5, 5.41) is 0.943. The lowest BCUT2D eigenvalue weighted by Gasteiger charge is -2.33. The average molecular weight is 291 g/mol. The second-order valence-corrected chi connectivity index (χ2v) is 6.18. The maximum atomic E-state index is 13.3. The predicted octanol–water partition coefficient (Wildman–Crippen LogP) is 3.35. The zero-order valence-electron chi connectivity index (χ0n) is 11.6. The highest BCUT2D eigenvalue weighted by molar-refractivity contribution is 7.98. The second-order valence-electron chi connectivity index (χ2n) is 5.27. The van der Waals surface area contributed by atoms with Crippen LogP contribution in [0.25, 0.3) is 10.9 Å². The lowest BCUT2D eigenvalue weighted by molar-refractivity contribution is 0.451. The number of fused-ring (bicyclic) bond motifs is 1. The van der Waals surface area contributed by atoms with Crippen LogP contribution < -0.4 is 4.90 Å². The van der Waals surface area contributed by atoms with Gasteiger partial charge in [-0.25, -0.2) is 14.4 Å². The maximum absolute atomic E-state index is 13.3. The summed E-state index contributed by atoms with van der Waals surface area (Å²) in [6.45, 7) is 2.05. The Morgan fingerprint density at radius 2 is 2.30 bits per heavy atom. The molecule has 0 amide bonds. The van der Waals surface area contributed by atoms with Crippen LogP contribution in [0.5, 0.6) is 0 Å². The van der Waals surface area contributed by atoms with Crippen molar-refractivity contribution in [1.82, 2.24) is 9.97 Å². The third kappa shape index (κ3) is 2.73. The fraction of sp³-hybridized carbons (Fsp3) is 0.467. The molecular formula is C15H18FN3S. The first-order chi connectivity index (χ1) is 9.78. The number of piperidine rings is 1. The van der Waals surface area contributed by atoms with Gasteiger partial charge < -0.3 is 4.90 Å². The van der Waals surface area contributed by atoms with E-state index < -0.39 is 0 Å². The van der Waals surface area contributed by atoms with E-state index in [9.17, 15) is 4.39 Å². The summed E-state index contributed by atoms with van der Waals surface area (Å²) in [6.07, 6.45) is 6.17. The van der Waals surface area contributed by atoms with Gasteiger partial charge in [-0.15, -0.1) is 0 Å². The highest BCUT2D eigenvalue weighted by Crippen LogP contribution is 2.28. The van der Waals surface area contributed by atoms with Crippen LogP contribution >= 0.6 is 11.8 Å². The van der Waals surface area contributed by atoms with E-state index in [0.29, 0.717) is 11.4 Å². The minimum absolute atomic E-state index is 0.249. The topological polar surface area (TPSA) is 29.0 Å². The Bertz CT molecular complexity index is 603. The van der Waals surface area contributed by atoms with E-state index in [1.54, 1.807) is 6.07 Å². The molecule has 0 radical (unpaired) electrons. The van der Waals surface area contributed by atoms with E-state index in [2.05, 4.69) is 21.1 Å². The number of halogens is 1. The summed E-state index contributed by atoms with van der Waals surface area (Å²) in [6, 6.07) is 4.75. The van der Waals surface area contributed by atoms with Crippen molar-refractivity contribution in [2.75, 3.05) is 30.0 Å². The van der Waals surface area contributed by atoms with Gasteiger partial charge in [-0.1, -0.05) is 0 Å². The Morgan fingerprint density at radius 3 is 3.15 bits per heavy atom. The molecule has 2 aromatic rings. The molecular weight excluding hydrogens is 273 g/mol. The molecule has 3 nitrogen and oxygen atoms in total. The Labute approximate surface area is 122 Å². The van der Waals surface area contributed by atoms with Crippen molar-refractivity contribution in [1.29, 1.82) is 0 Å². The van der Waals surface area contributed by atoms with Gasteiger partial charge in [-0.2, -0.15) is 11.8 Å². The first-order valence-electron chi connectivity index (χ1n) is 6.92. The second kappa shape index (κ2) is 5.95. The first-order valence-corrected chi connectivity index (χ1v) is 8.31. The number of anilines is 1. The van der Waals surface area contributed by atoms with Crippen LogP contribution in [0, 0.1) is 11.7 Å². The van der Waals surface area contributed by atoms with E-state index in [0.717, 1.165) is 24.3 Å². The third-order valence-electron chi connectivity index (χ3n) is 3.80. The molecule has 1 saturated heterocycles. The van der Waals surface area contributed by atoms with Gasteiger partial charge in [0.15, 0.2) is 0 Å². The molecule has 1 fully saturated rings. The van der Waals surface area contributed by atoms with Crippen LogP contribution in [-0.2, 0) is 0 Å². The van der Waals surface area contributed by atoms with E-state index in [-0.39, 0.29) is 5.82 Å². The summed E-state index contributed by atoms with van der Waals surface area (Å²) in [5.74, 6) is 2.60. The van der Waals surface area contributed by atoms with Crippen molar-refractivity contribution in [3.8, 4) is 0 Å². The van der Waals surface area contributed by atoms with Crippen LogP contribution in [0.1, 0.15) is 12.8 Å². The molecule has 1 aliphatic heterocycles. The van der Waals surface area contributed by atoms with Gasteiger partial charge in [0.1, 0.15) is 18.0 Å². The van der Waals surface area contributed by atoms with Gasteiger partial charge in [0.25, 0.3) is 0 Å². The summed E-state index contributed by atoms with van der Waals surface area (Å²) in [4.78, 5) is 10.9. The van der Waals surface area contributed by atoms with Crippen molar-refractivity contribution in [3.05, 3.63) is 30.3 Å². The standard InChI is InChI=1S/C15H18FN3S/c1-20-9-11-3-2-6-19(8-11)15-13-5-4-12(16)7-14(13)17-10-18-15/h4-5,7,10-11H,2-3,6,8-9H2,1H3/t11-/m1/s1. The molecule has 2 heterocycles. The van der Waals surface area contributed by atoms with Crippen LogP contribution in [0.4, 0.5) is 10.2 Å². The number of nitrogens with zero attached hydrogens (tertiary/aromatic N) is 3. The van der Waals surface area contributed by atoms with Gasteiger partial charge in [-0.05, 0) is 42.9 Å². The number of rotatable bonds is 3. The monoisotopic (exact) mass is 291 g/mol. The van der Waals surface area contributed by atoms with Crippen molar-refractivity contribution in [3.63, 3.8) is 0 Å². The fourth-order valence-corrected chi connectivity index (χ4v) is 3.64. The highest BCUT2D eigenvalue weighted by atomic mass is 32.2. The Hall–Kier alpha value is -1.36. The lowest BCUT2D eigenvalue weighted by Crippen LogP contribution is -2.37. The van der Waals surface area contributed by atoms with Crippen molar-refractivity contribution in [2.24, 2.45) is 5.92 Å². The summed E-state index contributed by atoms with van der Waals surface area (Å²) < 4.78 is 13.3. The van der Waals surface area contributed by atoms with E-state index in [1.807, 2.05) is 11.8 Å². The molecule has 1 aliphatic rings. The van der Waals surface area contributed by atoms with Gasteiger partial charge in [0, 0.05) is 24.5 Å². The molecule has 20 heavy (non-hydrogen) atoms. The zero-order valence-corrected chi connectivity index (χ0v) is 12.4. The quantitative estimate of drug-likeness (QED) is 0.867. The molecule has 5 heteroatoms. The van der Waals surface area contributed by atoms with Crippen molar-refractivity contribution in [2.45, 2.75) is 12.8 Å². The Balaban J connectivity index is 1.93. The van der Waals surface area contributed by atoms with Crippen molar-refractivity contribution >= 4 is 28.5 Å². The molecule has 0 spiro atoms. The molecule has 106 valence electrons. The molecule has 1 aromatic carbocycles. The maximum Gasteiger partial charge on any atom is 0.139 e. The van der Waals surface area contributed by atoms with Gasteiger partial charge >= 0.3 is 0 Å².